The number of halogens is 3. The van der Waals surface area contributed by atoms with Gasteiger partial charge in [-0.25, -0.2) is 0 Å². The van der Waals surface area contributed by atoms with Crippen LogP contribution in [0.4, 0.5) is 10.2 Å². The Hall–Kier alpha value is -1.76. The molecular weight excluding hydrogens is 382 g/mol. The number of phenolic OH excluding ortho intramolecular Hbond substituents is 1. The summed E-state index contributed by atoms with van der Waals surface area (Å²) in [6.45, 7) is 7.12. The van der Waals surface area contributed by atoms with Gasteiger partial charge in [0.1, 0.15) is 21.5 Å². The summed E-state index contributed by atoms with van der Waals surface area (Å²) in [7, 11) is 0. The van der Waals surface area contributed by atoms with Gasteiger partial charge in [0.05, 0.1) is 12.1 Å². The molecular formula is C18H21Cl2FN2O3. The highest BCUT2D eigenvalue weighted by Crippen LogP contribution is 2.42. The molecule has 2 atom stereocenters. The summed E-state index contributed by atoms with van der Waals surface area (Å²) in [5.41, 5.74) is 0.672. The van der Waals surface area contributed by atoms with Gasteiger partial charge in [0.15, 0.2) is 11.6 Å². The van der Waals surface area contributed by atoms with E-state index in [0.29, 0.717) is 11.3 Å². The third-order valence-corrected chi connectivity index (χ3v) is 4.60. The van der Waals surface area contributed by atoms with E-state index in [2.05, 4.69) is 10.3 Å². The van der Waals surface area contributed by atoms with E-state index < -0.39 is 18.1 Å². The molecule has 0 aliphatic heterocycles. The number of aliphatic hydroxyl groups is 1. The maximum atomic E-state index is 14.1. The highest BCUT2D eigenvalue weighted by molar-refractivity contribution is 6.38. The van der Waals surface area contributed by atoms with Gasteiger partial charge >= 0.3 is 0 Å². The van der Waals surface area contributed by atoms with Crippen molar-refractivity contribution >= 4 is 29.0 Å². The molecule has 1 aromatic carbocycles. The number of aromatic hydroxyl groups is 1. The Kier molecular flexibility index (Phi) is 6.55. The number of pyridine rings is 1. The molecule has 3 N–H and O–H groups in total. The van der Waals surface area contributed by atoms with E-state index in [4.69, 9.17) is 27.9 Å². The first-order valence-electron chi connectivity index (χ1n) is 8.11. The molecule has 0 saturated carbocycles. The van der Waals surface area contributed by atoms with Crippen molar-refractivity contribution in [1.82, 2.24) is 4.98 Å². The highest BCUT2D eigenvalue weighted by Gasteiger charge is 2.22. The minimum Gasteiger partial charge on any atom is -0.508 e. The first-order chi connectivity index (χ1) is 12.1. The predicted molar refractivity (Wildman–Crippen MR) is 101 cm³/mol. The smallest absolute Gasteiger partial charge is 0.237 e. The zero-order chi connectivity index (χ0) is 19.6. The van der Waals surface area contributed by atoms with Crippen LogP contribution in [0.1, 0.15) is 39.2 Å². The van der Waals surface area contributed by atoms with Crippen molar-refractivity contribution in [2.45, 2.75) is 45.8 Å². The minimum absolute atomic E-state index is 0.0110. The number of benzene rings is 1. The molecule has 2 rings (SSSR count). The molecule has 0 bridgehead atoms. The molecule has 0 radical (unpaired) electrons. The fraction of sp³-hybridized carbons (Fsp3) is 0.389. The van der Waals surface area contributed by atoms with Gasteiger partial charge in [0.25, 0.3) is 0 Å². The van der Waals surface area contributed by atoms with Crippen LogP contribution < -0.4 is 10.1 Å². The van der Waals surface area contributed by atoms with Crippen LogP contribution in [0.2, 0.25) is 10.0 Å². The fourth-order valence-corrected chi connectivity index (χ4v) is 2.65. The molecule has 0 amide bonds. The van der Waals surface area contributed by atoms with Crippen molar-refractivity contribution in [3.8, 4) is 17.2 Å². The molecule has 0 saturated heterocycles. The lowest BCUT2D eigenvalue weighted by molar-refractivity contribution is 0.177. The number of hydrogen-bond acceptors (Lipinski definition) is 5. The first-order valence-corrected chi connectivity index (χ1v) is 8.87. The maximum absolute atomic E-state index is 14.1. The normalized spacial score (nSPS) is 13.6. The average Bonchev–Trinajstić information content (AvgIpc) is 2.57. The van der Waals surface area contributed by atoms with Gasteiger partial charge in [-0.2, -0.15) is 9.37 Å². The summed E-state index contributed by atoms with van der Waals surface area (Å²) in [6.07, 6.45) is -0.707. The Morgan fingerprint density at radius 3 is 2.38 bits per heavy atom. The van der Waals surface area contributed by atoms with E-state index in [0.717, 1.165) is 0 Å². The Bertz CT molecular complexity index is 800. The van der Waals surface area contributed by atoms with Gasteiger partial charge in [-0.1, -0.05) is 37.0 Å². The topological polar surface area (TPSA) is 74.6 Å². The number of rotatable bonds is 6. The van der Waals surface area contributed by atoms with E-state index in [9.17, 15) is 14.6 Å². The van der Waals surface area contributed by atoms with Crippen LogP contribution in [0.3, 0.4) is 0 Å². The number of ether oxygens (including phenoxy) is 1. The van der Waals surface area contributed by atoms with Crippen LogP contribution in [0.15, 0.2) is 18.2 Å². The molecule has 0 aliphatic carbocycles. The van der Waals surface area contributed by atoms with Crippen molar-refractivity contribution < 1.29 is 19.3 Å². The zero-order valence-corrected chi connectivity index (χ0v) is 16.4. The van der Waals surface area contributed by atoms with Crippen molar-refractivity contribution in [3.63, 3.8) is 0 Å². The molecule has 0 fully saturated rings. The Morgan fingerprint density at radius 1 is 1.15 bits per heavy atom. The number of nitrogens with zero attached hydrogens (tertiary/aromatic N) is 1. The first kappa shape index (κ1) is 20.6. The molecule has 26 heavy (non-hydrogen) atoms. The second-order valence-electron chi connectivity index (χ2n) is 6.36. The van der Waals surface area contributed by atoms with E-state index in [1.165, 1.54) is 12.1 Å². The van der Waals surface area contributed by atoms with Crippen molar-refractivity contribution in [3.05, 3.63) is 39.8 Å². The summed E-state index contributed by atoms with van der Waals surface area (Å²) in [6, 6.07) is 4.22. The number of aliphatic hydroxyl groups excluding tert-OH is 1. The van der Waals surface area contributed by atoms with E-state index in [-0.39, 0.29) is 33.3 Å². The molecule has 1 aromatic heterocycles. The largest absolute Gasteiger partial charge is 0.508 e. The van der Waals surface area contributed by atoms with Crippen LogP contribution >= 0.6 is 23.2 Å². The summed E-state index contributed by atoms with van der Waals surface area (Å²) < 4.78 is 19.8. The molecule has 0 spiro atoms. The number of anilines is 1. The molecule has 2 aromatic rings. The number of hydrogen-bond donors (Lipinski definition) is 3. The average molecular weight is 403 g/mol. The lowest BCUT2D eigenvalue weighted by Gasteiger charge is -2.20. The Morgan fingerprint density at radius 2 is 1.81 bits per heavy atom. The van der Waals surface area contributed by atoms with E-state index >= 15 is 0 Å². The van der Waals surface area contributed by atoms with Gasteiger partial charge < -0.3 is 20.3 Å². The summed E-state index contributed by atoms with van der Waals surface area (Å²) >= 11 is 12.3. The lowest BCUT2D eigenvalue weighted by atomic mass is 10.0. The van der Waals surface area contributed by atoms with E-state index in [1.54, 1.807) is 19.9 Å². The SMILES string of the molecule is CC(C)c1cc(Oc2c(Cl)c(F)nc(NC(C)[C@@H](C)O)c2Cl)ccc1O. The van der Waals surface area contributed by atoms with Gasteiger partial charge in [0, 0.05) is 5.56 Å². The third kappa shape index (κ3) is 4.50. The molecule has 142 valence electrons. The molecule has 0 aliphatic rings. The van der Waals surface area contributed by atoms with Gasteiger partial charge in [0.2, 0.25) is 5.95 Å². The quantitative estimate of drug-likeness (QED) is 0.569. The van der Waals surface area contributed by atoms with Gasteiger partial charge in [-0.05, 0) is 38.0 Å². The molecule has 8 heteroatoms. The second-order valence-corrected chi connectivity index (χ2v) is 7.12. The zero-order valence-electron chi connectivity index (χ0n) is 14.8. The van der Waals surface area contributed by atoms with Crippen LogP contribution in [-0.2, 0) is 0 Å². The molecule has 1 unspecified atom stereocenters. The number of phenols is 1. The van der Waals surface area contributed by atoms with Gasteiger partial charge in [-0.3, -0.25) is 0 Å². The highest BCUT2D eigenvalue weighted by atomic mass is 35.5. The maximum Gasteiger partial charge on any atom is 0.237 e. The third-order valence-electron chi connectivity index (χ3n) is 3.93. The summed E-state index contributed by atoms with van der Waals surface area (Å²) in [4.78, 5) is 3.68. The van der Waals surface area contributed by atoms with E-state index in [1.807, 2.05) is 13.8 Å². The Labute approximate surface area is 161 Å². The van der Waals surface area contributed by atoms with Crippen molar-refractivity contribution in [1.29, 1.82) is 0 Å². The van der Waals surface area contributed by atoms with Crippen molar-refractivity contribution in [2.75, 3.05) is 5.32 Å². The second kappa shape index (κ2) is 8.29. The number of nitrogens with one attached hydrogen (secondary N) is 1. The van der Waals surface area contributed by atoms with Crippen LogP contribution in [0.25, 0.3) is 0 Å². The molecule has 1 heterocycles. The summed E-state index contributed by atoms with van der Waals surface area (Å²) in [5, 5.41) is 22.0. The summed E-state index contributed by atoms with van der Waals surface area (Å²) in [5.74, 6) is -0.493. The monoisotopic (exact) mass is 402 g/mol. The fourth-order valence-electron chi connectivity index (χ4n) is 2.19. The van der Waals surface area contributed by atoms with Crippen molar-refractivity contribution in [2.24, 2.45) is 0 Å². The minimum atomic E-state index is -0.950. The van der Waals surface area contributed by atoms with Crippen LogP contribution in [0.5, 0.6) is 17.2 Å². The van der Waals surface area contributed by atoms with Crippen LogP contribution in [-0.4, -0.2) is 27.3 Å². The Balaban J connectivity index is 2.43. The lowest BCUT2D eigenvalue weighted by Crippen LogP contribution is -2.28. The predicted octanol–water partition coefficient (Wildman–Crippen LogP) is 5.33. The standard InChI is InChI=1S/C18H21Cl2FN2O3/c1-8(2)12-7-11(5-6-13(12)25)26-16-14(19)17(21)23-18(15(16)20)22-9(3)10(4)24/h5-10,24-25H,1-4H3,(H,22,23)/t9?,10-/m1/s1. The molecule has 5 nitrogen and oxygen atoms in total. The van der Waals surface area contributed by atoms with Gasteiger partial charge in [-0.15, -0.1) is 0 Å². The number of aromatic nitrogens is 1. The van der Waals surface area contributed by atoms with Crippen LogP contribution in [0, 0.1) is 5.95 Å².